The van der Waals surface area contributed by atoms with Crippen molar-refractivity contribution in [3.63, 3.8) is 0 Å². The number of carbonyl (C=O) groups is 1. The summed E-state index contributed by atoms with van der Waals surface area (Å²) < 4.78 is 17.0. The topological polar surface area (TPSA) is 85.8 Å². The summed E-state index contributed by atoms with van der Waals surface area (Å²) in [4.78, 5) is 23.5. The molecule has 1 N–H and O–H groups in total. The van der Waals surface area contributed by atoms with Crippen molar-refractivity contribution < 1.29 is 19.0 Å². The second-order valence-corrected chi connectivity index (χ2v) is 8.88. The summed E-state index contributed by atoms with van der Waals surface area (Å²) in [7, 11) is 3.16. The number of benzene rings is 3. The van der Waals surface area contributed by atoms with Gasteiger partial charge in [-0.25, -0.2) is 14.8 Å². The highest BCUT2D eigenvalue weighted by Crippen LogP contribution is 2.37. The molecule has 8 nitrogen and oxygen atoms in total. The van der Waals surface area contributed by atoms with E-state index in [1.165, 1.54) is 6.33 Å². The minimum Gasteiger partial charge on any atom is -0.493 e. The monoisotopic (exact) mass is 504 g/mol. The molecule has 2 heterocycles. The maximum absolute atomic E-state index is 13.1. The maximum atomic E-state index is 13.1. The number of anilines is 2. The van der Waals surface area contributed by atoms with E-state index in [9.17, 15) is 4.79 Å². The normalized spacial score (nSPS) is 12.7. The molecule has 0 unspecified atom stereocenters. The molecule has 0 saturated carbocycles. The van der Waals surface area contributed by atoms with Crippen molar-refractivity contribution in [2.75, 3.05) is 31.0 Å². The van der Waals surface area contributed by atoms with Gasteiger partial charge >= 0.3 is 6.03 Å². The van der Waals surface area contributed by atoms with Crippen molar-refractivity contribution in [2.45, 2.75) is 19.8 Å². The zero-order valence-corrected chi connectivity index (χ0v) is 20.9. The van der Waals surface area contributed by atoms with E-state index in [0.717, 1.165) is 35.3 Å². The van der Waals surface area contributed by atoms with Gasteiger partial charge in [-0.05, 0) is 73.4 Å². The van der Waals surface area contributed by atoms with Crippen LogP contribution < -0.4 is 24.4 Å². The van der Waals surface area contributed by atoms with Gasteiger partial charge in [-0.3, -0.25) is 4.90 Å². The first-order valence-electron chi connectivity index (χ1n) is 11.5. The van der Waals surface area contributed by atoms with Gasteiger partial charge in [-0.1, -0.05) is 11.6 Å². The highest BCUT2D eigenvalue weighted by atomic mass is 35.5. The SMILES string of the molecule is COc1cc2ncnc(Oc3ccc4c(c3)CCCN4C(=O)Nc3ccc(Cl)cc3C)c2cc1OC. The number of hydrogen-bond acceptors (Lipinski definition) is 6. The first-order valence-corrected chi connectivity index (χ1v) is 11.9. The average Bonchev–Trinajstić information content (AvgIpc) is 2.89. The summed E-state index contributed by atoms with van der Waals surface area (Å²) in [6, 6.07) is 14.5. The van der Waals surface area contributed by atoms with Crippen LogP contribution >= 0.6 is 11.6 Å². The molecular weight excluding hydrogens is 480 g/mol. The van der Waals surface area contributed by atoms with Gasteiger partial charge in [0, 0.05) is 29.0 Å². The van der Waals surface area contributed by atoms with E-state index in [-0.39, 0.29) is 6.03 Å². The van der Waals surface area contributed by atoms with Crippen LogP contribution in [0.1, 0.15) is 17.5 Å². The molecule has 3 aromatic carbocycles. The number of methoxy groups -OCH3 is 2. The van der Waals surface area contributed by atoms with Crippen molar-refractivity contribution in [3.05, 3.63) is 71.0 Å². The second kappa shape index (κ2) is 9.91. The zero-order chi connectivity index (χ0) is 25.2. The zero-order valence-electron chi connectivity index (χ0n) is 20.2. The number of nitrogens with zero attached hydrogens (tertiary/aromatic N) is 3. The minimum atomic E-state index is -0.183. The Morgan fingerprint density at radius 1 is 1.03 bits per heavy atom. The molecule has 0 aliphatic carbocycles. The molecule has 36 heavy (non-hydrogen) atoms. The van der Waals surface area contributed by atoms with Crippen LogP contribution in [0.15, 0.2) is 54.9 Å². The molecule has 0 spiro atoms. The fourth-order valence-corrected chi connectivity index (χ4v) is 4.58. The van der Waals surface area contributed by atoms with Crippen molar-refractivity contribution in [3.8, 4) is 23.1 Å². The molecule has 0 fully saturated rings. The Kier molecular flexibility index (Phi) is 6.52. The number of nitrogens with one attached hydrogen (secondary N) is 1. The van der Waals surface area contributed by atoms with Crippen LogP contribution in [0.4, 0.5) is 16.2 Å². The van der Waals surface area contributed by atoms with Gasteiger partial charge in [0.05, 0.1) is 25.1 Å². The molecule has 4 aromatic rings. The molecule has 5 rings (SSSR count). The summed E-state index contributed by atoms with van der Waals surface area (Å²) >= 11 is 6.05. The van der Waals surface area contributed by atoms with E-state index < -0.39 is 0 Å². The molecule has 184 valence electrons. The van der Waals surface area contributed by atoms with Crippen molar-refractivity contribution in [2.24, 2.45) is 0 Å². The second-order valence-electron chi connectivity index (χ2n) is 8.44. The predicted octanol–water partition coefficient (Wildman–Crippen LogP) is 6.39. The number of rotatable bonds is 5. The van der Waals surface area contributed by atoms with Crippen molar-refractivity contribution in [1.29, 1.82) is 0 Å². The number of urea groups is 1. The molecule has 2 amide bonds. The Morgan fingerprint density at radius 3 is 2.61 bits per heavy atom. The maximum Gasteiger partial charge on any atom is 0.326 e. The van der Waals surface area contributed by atoms with Crippen LogP contribution in [0.3, 0.4) is 0 Å². The average molecular weight is 505 g/mol. The van der Waals surface area contributed by atoms with Gasteiger partial charge in [-0.2, -0.15) is 0 Å². The number of aryl methyl sites for hydroxylation is 2. The highest BCUT2D eigenvalue weighted by Gasteiger charge is 2.24. The van der Waals surface area contributed by atoms with Gasteiger partial charge in [-0.15, -0.1) is 0 Å². The molecule has 0 radical (unpaired) electrons. The Balaban J connectivity index is 1.41. The van der Waals surface area contributed by atoms with Crippen LogP contribution in [0, 0.1) is 6.92 Å². The Labute approximate surface area is 213 Å². The van der Waals surface area contributed by atoms with Gasteiger partial charge in [0.25, 0.3) is 0 Å². The quantitative estimate of drug-likeness (QED) is 0.339. The fraction of sp³-hybridized carbons (Fsp3) is 0.222. The molecule has 0 atom stereocenters. The van der Waals surface area contributed by atoms with E-state index in [1.54, 1.807) is 37.3 Å². The van der Waals surface area contributed by atoms with E-state index in [1.807, 2.05) is 37.3 Å². The van der Waals surface area contributed by atoms with Crippen LogP contribution in [0.2, 0.25) is 5.02 Å². The number of fused-ring (bicyclic) bond motifs is 2. The lowest BCUT2D eigenvalue weighted by atomic mass is 10.0. The molecule has 0 saturated heterocycles. The lowest BCUT2D eigenvalue weighted by molar-refractivity contribution is 0.256. The smallest absolute Gasteiger partial charge is 0.326 e. The van der Waals surface area contributed by atoms with Gasteiger partial charge in [0.15, 0.2) is 11.5 Å². The third-order valence-electron chi connectivity index (χ3n) is 6.16. The third kappa shape index (κ3) is 4.59. The van der Waals surface area contributed by atoms with E-state index >= 15 is 0 Å². The summed E-state index contributed by atoms with van der Waals surface area (Å²) in [5.41, 5.74) is 4.20. The number of aromatic nitrogens is 2. The minimum absolute atomic E-state index is 0.183. The molecule has 1 aromatic heterocycles. The van der Waals surface area contributed by atoms with Gasteiger partial charge in [0.2, 0.25) is 5.88 Å². The summed E-state index contributed by atoms with van der Waals surface area (Å²) in [5.74, 6) is 2.17. The fourth-order valence-electron chi connectivity index (χ4n) is 4.35. The van der Waals surface area contributed by atoms with Gasteiger partial charge < -0.3 is 19.5 Å². The number of hydrogen-bond donors (Lipinski definition) is 1. The third-order valence-corrected chi connectivity index (χ3v) is 6.40. The van der Waals surface area contributed by atoms with Crippen LogP contribution in [-0.4, -0.2) is 36.8 Å². The van der Waals surface area contributed by atoms with Crippen LogP contribution in [0.5, 0.6) is 23.1 Å². The number of amides is 2. The summed E-state index contributed by atoms with van der Waals surface area (Å²) in [6.07, 6.45) is 3.13. The van der Waals surface area contributed by atoms with Crippen molar-refractivity contribution in [1.82, 2.24) is 9.97 Å². The van der Waals surface area contributed by atoms with Crippen LogP contribution in [-0.2, 0) is 6.42 Å². The first-order chi connectivity index (χ1) is 17.5. The summed E-state index contributed by atoms with van der Waals surface area (Å²) in [6.45, 7) is 2.54. The lowest BCUT2D eigenvalue weighted by Gasteiger charge is -2.30. The number of halogens is 1. The summed E-state index contributed by atoms with van der Waals surface area (Å²) in [5, 5.41) is 4.34. The van der Waals surface area contributed by atoms with E-state index in [0.29, 0.717) is 45.6 Å². The van der Waals surface area contributed by atoms with E-state index in [4.69, 9.17) is 25.8 Å². The number of carbonyl (C=O) groups excluding carboxylic acids is 1. The van der Waals surface area contributed by atoms with Crippen LogP contribution in [0.25, 0.3) is 10.9 Å². The Morgan fingerprint density at radius 2 is 1.83 bits per heavy atom. The molecule has 9 heteroatoms. The molecular formula is C27H25ClN4O4. The Hall–Kier alpha value is -4.04. The molecule has 0 bridgehead atoms. The Bertz CT molecular complexity index is 1460. The van der Waals surface area contributed by atoms with Crippen molar-refractivity contribution >= 4 is 39.9 Å². The standard InChI is InChI=1S/C27H25ClN4O4/c1-16-11-18(28)6-8-21(16)31-27(33)32-10-4-5-17-12-19(7-9-23(17)32)36-26-20-13-24(34-2)25(35-3)14-22(20)29-15-30-26/h6-9,11-15H,4-5,10H2,1-3H3,(H,31,33). The lowest BCUT2D eigenvalue weighted by Crippen LogP contribution is -2.38. The molecule has 1 aliphatic rings. The largest absolute Gasteiger partial charge is 0.493 e. The first kappa shape index (κ1) is 23.7. The highest BCUT2D eigenvalue weighted by molar-refractivity contribution is 6.30. The van der Waals surface area contributed by atoms with E-state index in [2.05, 4.69) is 15.3 Å². The molecule has 1 aliphatic heterocycles. The predicted molar refractivity (Wildman–Crippen MR) is 140 cm³/mol. The number of ether oxygens (including phenoxy) is 3. The van der Waals surface area contributed by atoms with Gasteiger partial charge in [0.1, 0.15) is 12.1 Å².